The van der Waals surface area contributed by atoms with Gasteiger partial charge >= 0.3 is 0 Å². The van der Waals surface area contributed by atoms with Gasteiger partial charge in [0.1, 0.15) is 0 Å². The summed E-state index contributed by atoms with van der Waals surface area (Å²) in [5, 5.41) is 2.11. The van der Waals surface area contributed by atoms with Crippen LogP contribution in [0.25, 0.3) is 0 Å². The van der Waals surface area contributed by atoms with Gasteiger partial charge in [-0.3, -0.25) is 0 Å². The fourth-order valence-electron chi connectivity index (χ4n) is 1.61. The van der Waals surface area contributed by atoms with E-state index in [2.05, 4.69) is 28.3 Å². The number of hydrogen-bond donors (Lipinski definition) is 1. The van der Waals surface area contributed by atoms with Crippen LogP contribution in [0.3, 0.4) is 0 Å². The van der Waals surface area contributed by atoms with Gasteiger partial charge in [0.05, 0.1) is 6.54 Å². The summed E-state index contributed by atoms with van der Waals surface area (Å²) in [4.78, 5) is 7.97. The Kier molecular flexibility index (Phi) is 6.65. The Bertz CT molecular complexity index is 373. The molecule has 96 valence electrons. The number of halogens is 1. The van der Waals surface area contributed by atoms with Gasteiger partial charge in [0.2, 0.25) is 0 Å². The SMILES string of the molecule is Cc1ccsc1CN=C(N)N1CCSCC1.I. The van der Waals surface area contributed by atoms with Gasteiger partial charge in [0.15, 0.2) is 5.96 Å². The lowest BCUT2D eigenvalue weighted by atomic mass is 10.3. The molecule has 0 bridgehead atoms. The van der Waals surface area contributed by atoms with Crippen molar-refractivity contribution in [3.8, 4) is 0 Å². The predicted octanol–water partition coefficient (Wildman–Crippen LogP) is 2.54. The molecule has 0 unspecified atom stereocenters. The number of hydrogen-bond acceptors (Lipinski definition) is 3. The number of thioether (sulfide) groups is 1. The molecule has 2 N–H and O–H groups in total. The number of rotatable bonds is 2. The maximum Gasteiger partial charge on any atom is 0.191 e. The summed E-state index contributed by atoms with van der Waals surface area (Å²) in [5.74, 6) is 3.02. The second-order valence-corrected chi connectivity index (χ2v) is 6.03. The van der Waals surface area contributed by atoms with Crippen LogP contribution >= 0.6 is 47.1 Å². The Morgan fingerprint density at radius 2 is 2.18 bits per heavy atom. The molecule has 2 rings (SSSR count). The van der Waals surface area contributed by atoms with E-state index in [0.29, 0.717) is 5.96 Å². The molecular weight excluding hydrogens is 365 g/mol. The lowest BCUT2D eigenvalue weighted by molar-refractivity contribution is 0.456. The van der Waals surface area contributed by atoms with Crippen molar-refractivity contribution in [2.45, 2.75) is 13.5 Å². The van der Waals surface area contributed by atoms with E-state index in [1.807, 2.05) is 11.8 Å². The van der Waals surface area contributed by atoms with Gasteiger partial charge < -0.3 is 10.6 Å². The molecule has 0 radical (unpaired) electrons. The highest BCUT2D eigenvalue weighted by molar-refractivity contribution is 14.0. The van der Waals surface area contributed by atoms with E-state index in [0.717, 1.165) is 31.1 Å². The normalized spacial score (nSPS) is 16.8. The number of thiophene rings is 1. The van der Waals surface area contributed by atoms with Gasteiger partial charge in [0.25, 0.3) is 0 Å². The predicted molar refractivity (Wildman–Crippen MR) is 88.7 cm³/mol. The van der Waals surface area contributed by atoms with Gasteiger partial charge in [-0.05, 0) is 23.9 Å². The van der Waals surface area contributed by atoms with Crippen LogP contribution in [-0.4, -0.2) is 35.5 Å². The zero-order valence-electron chi connectivity index (χ0n) is 9.89. The maximum atomic E-state index is 5.99. The summed E-state index contributed by atoms with van der Waals surface area (Å²) in [5.41, 5.74) is 7.30. The van der Waals surface area contributed by atoms with Crippen LogP contribution in [0.4, 0.5) is 0 Å². The Morgan fingerprint density at radius 1 is 1.47 bits per heavy atom. The third-order valence-electron chi connectivity index (χ3n) is 2.69. The lowest BCUT2D eigenvalue weighted by Crippen LogP contribution is -2.42. The minimum Gasteiger partial charge on any atom is -0.370 e. The molecule has 0 atom stereocenters. The molecule has 1 aromatic rings. The Morgan fingerprint density at radius 3 is 2.76 bits per heavy atom. The Labute approximate surface area is 128 Å². The van der Waals surface area contributed by atoms with Gasteiger partial charge in [0, 0.05) is 29.5 Å². The van der Waals surface area contributed by atoms with E-state index in [1.54, 1.807) is 11.3 Å². The van der Waals surface area contributed by atoms with Crippen LogP contribution in [0.5, 0.6) is 0 Å². The largest absolute Gasteiger partial charge is 0.370 e. The zero-order valence-corrected chi connectivity index (χ0v) is 13.9. The first kappa shape index (κ1) is 15.1. The van der Waals surface area contributed by atoms with E-state index < -0.39 is 0 Å². The van der Waals surface area contributed by atoms with E-state index in [1.165, 1.54) is 10.4 Å². The molecule has 0 aliphatic carbocycles. The molecule has 1 saturated heterocycles. The van der Waals surface area contributed by atoms with E-state index in [9.17, 15) is 0 Å². The van der Waals surface area contributed by atoms with E-state index >= 15 is 0 Å². The highest BCUT2D eigenvalue weighted by Gasteiger charge is 2.12. The average molecular weight is 383 g/mol. The zero-order chi connectivity index (χ0) is 11.4. The first-order valence-electron chi connectivity index (χ1n) is 5.43. The number of aliphatic imine (C=N–C) groups is 1. The molecule has 3 nitrogen and oxygen atoms in total. The summed E-state index contributed by atoms with van der Waals surface area (Å²) in [6.45, 7) is 4.90. The first-order chi connectivity index (χ1) is 7.77. The quantitative estimate of drug-likeness (QED) is 0.485. The van der Waals surface area contributed by atoms with Crippen LogP contribution < -0.4 is 5.73 Å². The maximum absolute atomic E-state index is 5.99. The van der Waals surface area contributed by atoms with Crippen LogP contribution in [0, 0.1) is 6.92 Å². The molecule has 1 aromatic heterocycles. The van der Waals surface area contributed by atoms with Gasteiger partial charge in [-0.1, -0.05) is 0 Å². The minimum absolute atomic E-state index is 0. The van der Waals surface area contributed by atoms with Crippen molar-refractivity contribution in [3.05, 3.63) is 21.9 Å². The van der Waals surface area contributed by atoms with Gasteiger partial charge in [-0.2, -0.15) is 11.8 Å². The van der Waals surface area contributed by atoms with Crippen LogP contribution in [0.1, 0.15) is 10.4 Å². The van der Waals surface area contributed by atoms with Crippen molar-refractivity contribution in [1.29, 1.82) is 0 Å². The summed E-state index contributed by atoms with van der Waals surface area (Å²) < 4.78 is 0. The van der Waals surface area contributed by atoms with Crippen molar-refractivity contribution in [1.82, 2.24) is 4.90 Å². The molecule has 6 heteroatoms. The second kappa shape index (κ2) is 7.48. The molecule has 0 saturated carbocycles. The number of nitrogens with two attached hydrogens (primary N) is 1. The fraction of sp³-hybridized carbons (Fsp3) is 0.545. The van der Waals surface area contributed by atoms with Crippen molar-refractivity contribution in [2.24, 2.45) is 10.7 Å². The molecule has 0 aromatic carbocycles. The first-order valence-corrected chi connectivity index (χ1v) is 7.46. The topological polar surface area (TPSA) is 41.6 Å². The van der Waals surface area contributed by atoms with Crippen LogP contribution in [0.2, 0.25) is 0 Å². The Balaban J connectivity index is 0.00000144. The second-order valence-electron chi connectivity index (χ2n) is 3.80. The Hall–Kier alpha value is 0.0500. The third kappa shape index (κ3) is 4.33. The smallest absolute Gasteiger partial charge is 0.191 e. The average Bonchev–Trinajstić information content (AvgIpc) is 2.73. The summed E-state index contributed by atoms with van der Waals surface area (Å²) in [7, 11) is 0. The van der Waals surface area contributed by atoms with E-state index in [4.69, 9.17) is 5.73 Å². The molecule has 0 spiro atoms. The molecule has 1 aliphatic rings. The standard InChI is InChI=1S/C11H17N3S2.HI/c1-9-2-5-16-10(9)8-13-11(12)14-3-6-15-7-4-14;/h2,5H,3-4,6-8H2,1H3,(H2,12,13);1H. The molecular formula is C11H18IN3S2. The van der Waals surface area contributed by atoms with Crippen molar-refractivity contribution in [3.63, 3.8) is 0 Å². The highest BCUT2D eigenvalue weighted by atomic mass is 127. The molecule has 2 heterocycles. The van der Waals surface area contributed by atoms with Crippen molar-refractivity contribution in [2.75, 3.05) is 24.6 Å². The minimum atomic E-state index is 0. The fourth-order valence-corrected chi connectivity index (χ4v) is 3.34. The molecule has 17 heavy (non-hydrogen) atoms. The summed E-state index contributed by atoms with van der Waals surface area (Å²) in [6.07, 6.45) is 0. The van der Waals surface area contributed by atoms with Crippen LogP contribution in [-0.2, 0) is 6.54 Å². The molecule has 1 aliphatic heterocycles. The molecule has 1 fully saturated rings. The number of aryl methyl sites for hydroxylation is 1. The molecule has 0 amide bonds. The highest BCUT2D eigenvalue weighted by Crippen LogP contribution is 2.16. The van der Waals surface area contributed by atoms with Gasteiger partial charge in [-0.15, -0.1) is 35.3 Å². The lowest BCUT2D eigenvalue weighted by Gasteiger charge is -2.27. The van der Waals surface area contributed by atoms with E-state index in [-0.39, 0.29) is 24.0 Å². The van der Waals surface area contributed by atoms with Crippen LogP contribution in [0.15, 0.2) is 16.4 Å². The van der Waals surface area contributed by atoms with Crippen molar-refractivity contribution < 1.29 is 0 Å². The van der Waals surface area contributed by atoms with Crippen molar-refractivity contribution >= 4 is 53.0 Å². The third-order valence-corrected chi connectivity index (χ3v) is 4.64. The number of nitrogens with zero attached hydrogens (tertiary/aromatic N) is 2. The summed E-state index contributed by atoms with van der Waals surface area (Å²) in [6, 6.07) is 2.13. The van der Waals surface area contributed by atoms with Gasteiger partial charge in [-0.25, -0.2) is 4.99 Å². The number of guanidine groups is 1. The summed E-state index contributed by atoms with van der Waals surface area (Å²) >= 11 is 3.74. The monoisotopic (exact) mass is 383 g/mol.